The smallest absolute Gasteiger partial charge is 0.217 e. The molecule has 0 amide bonds. The lowest BCUT2D eigenvalue weighted by Crippen LogP contribution is -2.45. The number of hydrogen-bond acceptors (Lipinski definition) is 3. The van der Waals surface area contributed by atoms with Crippen molar-refractivity contribution in [2.75, 3.05) is 26.2 Å². The van der Waals surface area contributed by atoms with Gasteiger partial charge in [-0.1, -0.05) is 11.6 Å². The van der Waals surface area contributed by atoms with Crippen LogP contribution in [0.2, 0.25) is 0 Å². The normalized spacial score (nSPS) is 25.4. The molecule has 0 atom stereocenters. The van der Waals surface area contributed by atoms with Gasteiger partial charge >= 0.3 is 0 Å². The Bertz CT molecular complexity index is 369. The molecule has 2 aliphatic heterocycles. The van der Waals surface area contributed by atoms with Crippen LogP contribution >= 0.6 is 0 Å². The molecule has 1 N–H and O–H groups in total. The average molecular weight is 244 g/mol. The van der Waals surface area contributed by atoms with Crippen molar-refractivity contribution in [1.29, 1.82) is 0 Å². The summed E-state index contributed by atoms with van der Waals surface area (Å²) in [6.45, 7) is 4.94. The molecule has 16 heavy (non-hydrogen) atoms. The molecule has 1 fully saturated rings. The highest BCUT2D eigenvalue weighted by Crippen LogP contribution is 2.21. The number of nitrogens with zero attached hydrogens (tertiary/aromatic N) is 1. The highest BCUT2D eigenvalue weighted by molar-refractivity contribution is 7.89. The fourth-order valence-corrected chi connectivity index (χ4v) is 4.17. The second kappa shape index (κ2) is 4.85. The summed E-state index contributed by atoms with van der Waals surface area (Å²) in [7, 11) is -3.06. The van der Waals surface area contributed by atoms with Gasteiger partial charge in [-0.2, -0.15) is 4.31 Å². The zero-order valence-corrected chi connectivity index (χ0v) is 10.6. The topological polar surface area (TPSA) is 49.4 Å². The predicted octanol–water partition coefficient (Wildman–Crippen LogP) is 0.720. The van der Waals surface area contributed by atoms with E-state index in [0.717, 1.165) is 32.4 Å². The van der Waals surface area contributed by atoms with Gasteiger partial charge in [0, 0.05) is 13.1 Å². The van der Waals surface area contributed by atoms with Gasteiger partial charge in [-0.15, -0.1) is 0 Å². The second-order valence-corrected chi connectivity index (χ2v) is 6.87. The molecule has 4 nitrogen and oxygen atoms in total. The summed E-state index contributed by atoms with van der Waals surface area (Å²) in [4.78, 5) is 0. The van der Waals surface area contributed by atoms with Gasteiger partial charge in [-0.05, 0) is 39.3 Å². The lowest BCUT2D eigenvalue weighted by atomic mass is 10.1. The highest BCUT2D eigenvalue weighted by Gasteiger charge is 2.33. The van der Waals surface area contributed by atoms with E-state index >= 15 is 0 Å². The minimum Gasteiger partial charge on any atom is -0.317 e. The largest absolute Gasteiger partial charge is 0.317 e. The van der Waals surface area contributed by atoms with E-state index in [1.807, 2.05) is 6.08 Å². The van der Waals surface area contributed by atoms with Gasteiger partial charge in [0.05, 0.1) is 5.25 Å². The summed E-state index contributed by atoms with van der Waals surface area (Å²) in [6, 6.07) is 0. The molecule has 2 aliphatic rings. The van der Waals surface area contributed by atoms with Crippen LogP contribution in [0.5, 0.6) is 0 Å². The monoisotopic (exact) mass is 244 g/mol. The van der Waals surface area contributed by atoms with Gasteiger partial charge in [0.2, 0.25) is 10.0 Å². The van der Waals surface area contributed by atoms with E-state index in [4.69, 9.17) is 0 Å². The third-order valence-corrected chi connectivity index (χ3v) is 5.83. The minimum absolute atomic E-state index is 0.166. The molecule has 0 aliphatic carbocycles. The van der Waals surface area contributed by atoms with Crippen LogP contribution in [0.1, 0.15) is 26.2 Å². The van der Waals surface area contributed by atoms with Gasteiger partial charge in [0.1, 0.15) is 0 Å². The van der Waals surface area contributed by atoms with E-state index in [9.17, 15) is 8.42 Å². The molecule has 0 saturated carbocycles. The summed E-state index contributed by atoms with van der Waals surface area (Å²) < 4.78 is 26.3. The Morgan fingerprint density at radius 2 is 2.06 bits per heavy atom. The minimum atomic E-state index is -3.06. The Morgan fingerprint density at radius 3 is 2.62 bits per heavy atom. The standard InChI is InChI=1S/C11H20N2O2S/c1-10-4-8-13(9-5-10)16(14,15)11-2-6-12-7-3-11/h4,11-12H,2-3,5-9H2,1H3. The Balaban J connectivity index is 2.06. The van der Waals surface area contributed by atoms with Gasteiger partial charge < -0.3 is 5.32 Å². The zero-order chi connectivity index (χ0) is 11.6. The quantitative estimate of drug-likeness (QED) is 0.728. The summed E-state index contributed by atoms with van der Waals surface area (Å²) >= 11 is 0. The molecule has 92 valence electrons. The summed E-state index contributed by atoms with van der Waals surface area (Å²) in [5.74, 6) is 0. The third-order valence-electron chi connectivity index (χ3n) is 3.47. The van der Waals surface area contributed by atoms with Gasteiger partial charge in [-0.3, -0.25) is 0 Å². The van der Waals surface area contributed by atoms with Crippen molar-refractivity contribution in [3.05, 3.63) is 11.6 Å². The number of hydrogen-bond donors (Lipinski definition) is 1. The third kappa shape index (κ3) is 2.47. The Kier molecular flexibility index (Phi) is 3.66. The fraction of sp³-hybridized carbons (Fsp3) is 0.818. The summed E-state index contributed by atoms with van der Waals surface area (Å²) in [5.41, 5.74) is 1.30. The molecule has 2 heterocycles. The summed E-state index contributed by atoms with van der Waals surface area (Å²) in [5, 5.41) is 3.04. The molecule has 0 spiro atoms. The van der Waals surface area contributed by atoms with E-state index < -0.39 is 10.0 Å². The first-order valence-corrected chi connectivity index (χ1v) is 7.46. The van der Waals surface area contributed by atoms with Crippen LogP contribution in [-0.4, -0.2) is 44.2 Å². The molecule has 1 saturated heterocycles. The van der Waals surface area contributed by atoms with Crippen LogP contribution in [-0.2, 0) is 10.0 Å². The van der Waals surface area contributed by atoms with E-state index in [1.165, 1.54) is 5.57 Å². The van der Waals surface area contributed by atoms with E-state index in [2.05, 4.69) is 12.2 Å². The van der Waals surface area contributed by atoms with Crippen molar-refractivity contribution < 1.29 is 8.42 Å². The zero-order valence-electron chi connectivity index (χ0n) is 9.78. The average Bonchev–Trinajstić information content (AvgIpc) is 2.31. The molecule has 0 radical (unpaired) electrons. The first-order chi connectivity index (χ1) is 7.60. The van der Waals surface area contributed by atoms with Crippen molar-refractivity contribution in [2.45, 2.75) is 31.4 Å². The maximum atomic E-state index is 12.3. The Labute approximate surface area is 97.8 Å². The molecule has 0 aromatic heterocycles. The van der Waals surface area contributed by atoms with Crippen LogP contribution in [0.25, 0.3) is 0 Å². The SMILES string of the molecule is CC1=CCN(S(=O)(=O)C2CCNCC2)CC1. The number of nitrogens with one attached hydrogen (secondary N) is 1. The maximum absolute atomic E-state index is 12.3. The van der Waals surface area contributed by atoms with Crippen molar-refractivity contribution in [3.63, 3.8) is 0 Å². The van der Waals surface area contributed by atoms with Crippen LogP contribution < -0.4 is 5.32 Å². The first kappa shape index (κ1) is 12.1. The highest BCUT2D eigenvalue weighted by atomic mass is 32.2. The van der Waals surface area contributed by atoms with E-state index in [-0.39, 0.29) is 5.25 Å². The first-order valence-electron chi connectivity index (χ1n) is 5.96. The molecule has 2 rings (SSSR count). The summed E-state index contributed by atoms with van der Waals surface area (Å²) in [6.07, 6.45) is 4.41. The van der Waals surface area contributed by atoms with Crippen LogP contribution in [0.4, 0.5) is 0 Å². The van der Waals surface area contributed by atoms with Crippen molar-refractivity contribution in [1.82, 2.24) is 9.62 Å². The Hall–Kier alpha value is -0.390. The van der Waals surface area contributed by atoms with Gasteiger partial charge in [0.15, 0.2) is 0 Å². The fourth-order valence-electron chi connectivity index (χ4n) is 2.29. The molecular formula is C11H20N2O2S. The molecule has 0 aromatic rings. The van der Waals surface area contributed by atoms with Gasteiger partial charge in [-0.25, -0.2) is 8.42 Å². The van der Waals surface area contributed by atoms with E-state index in [0.29, 0.717) is 13.1 Å². The lowest BCUT2D eigenvalue weighted by Gasteiger charge is -2.31. The molecular weight excluding hydrogens is 224 g/mol. The molecule has 0 aromatic carbocycles. The maximum Gasteiger partial charge on any atom is 0.217 e. The molecule has 0 bridgehead atoms. The lowest BCUT2D eigenvalue weighted by molar-refractivity contribution is 0.405. The van der Waals surface area contributed by atoms with Gasteiger partial charge in [0.25, 0.3) is 0 Å². The van der Waals surface area contributed by atoms with Crippen molar-refractivity contribution in [3.8, 4) is 0 Å². The Morgan fingerprint density at radius 1 is 1.38 bits per heavy atom. The number of rotatable bonds is 2. The second-order valence-electron chi connectivity index (χ2n) is 4.65. The molecule has 5 heteroatoms. The number of piperidine rings is 1. The van der Waals surface area contributed by atoms with Crippen LogP contribution in [0.3, 0.4) is 0 Å². The van der Waals surface area contributed by atoms with Crippen LogP contribution in [0.15, 0.2) is 11.6 Å². The van der Waals surface area contributed by atoms with Crippen molar-refractivity contribution in [2.24, 2.45) is 0 Å². The number of sulfonamides is 1. The van der Waals surface area contributed by atoms with E-state index in [1.54, 1.807) is 4.31 Å². The molecule has 0 unspecified atom stereocenters. The predicted molar refractivity (Wildman–Crippen MR) is 64.8 cm³/mol. The van der Waals surface area contributed by atoms with Crippen LogP contribution in [0, 0.1) is 0 Å². The van der Waals surface area contributed by atoms with Crippen molar-refractivity contribution >= 4 is 10.0 Å².